The van der Waals surface area contributed by atoms with Crippen LogP contribution >= 0.6 is 11.8 Å². The van der Waals surface area contributed by atoms with Crippen molar-refractivity contribution in [1.82, 2.24) is 14.8 Å². The minimum Gasteiger partial charge on any atom is -0.481 e. The molecule has 0 spiro atoms. The molecule has 1 unspecified atom stereocenters. The van der Waals surface area contributed by atoms with E-state index in [2.05, 4.69) is 24.0 Å². The van der Waals surface area contributed by atoms with E-state index in [4.69, 9.17) is 5.11 Å². The van der Waals surface area contributed by atoms with E-state index in [1.54, 1.807) is 0 Å². The molecule has 0 saturated heterocycles. The fourth-order valence-electron chi connectivity index (χ4n) is 1.19. The van der Waals surface area contributed by atoms with Gasteiger partial charge in [-0.05, 0) is 6.42 Å². The number of carbonyl (C=O) groups is 1. The summed E-state index contributed by atoms with van der Waals surface area (Å²) >= 11 is 1.19. The fraction of sp³-hybridized carbons (Fsp3) is 0.667. The van der Waals surface area contributed by atoms with E-state index < -0.39 is 5.97 Å². The van der Waals surface area contributed by atoms with Gasteiger partial charge in [0.2, 0.25) is 0 Å². The average molecular weight is 229 g/mol. The van der Waals surface area contributed by atoms with Crippen LogP contribution < -0.4 is 0 Å². The second-order valence-corrected chi connectivity index (χ2v) is 4.33. The van der Waals surface area contributed by atoms with Crippen molar-refractivity contribution in [2.75, 3.05) is 5.75 Å². The van der Waals surface area contributed by atoms with E-state index in [9.17, 15) is 4.79 Å². The molecule has 84 valence electrons. The van der Waals surface area contributed by atoms with Crippen molar-refractivity contribution < 1.29 is 9.90 Å². The molecule has 0 saturated carbocycles. The van der Waals surface area contributed by atoms with Gasteiger partial charge in [-0.3, -0.25) is 4.79 Å². The van der Waals surface area contributed by atoms with Gasteiger partial charge in [-0.1, -0.05) is 25.6 Å². The second-order valence-electron chi connectivity index (χ2n) is 3.39. The van der Waals surface area contributed by atoms with E-state index in [0.717, 1.165) is 12.2 Å². The van der Waals surface area contributed by atoms with E-state index in [0.29, 0.717) is 11.1 Å². The first kappa shape index (κ1) is 12.0. The fourth-order valence-corrected chi connectivity index (χ4v) is 1.83. The van der Waals surface area contributed by atoms with Crippen molar-refractivity contribution in [3.05, 3.63) is 5.82 Å². The van der Waals surface area contributed by atoms with Crippen molar-refractivity contribution >= 4 is 17.7 Å². The number of thioether (sulfide) groups is 1. The maximum atomic E-state index is 10.4. The van der Waals surface area contributed by atoms with Crippen LogP contribution in [0, 0.1) is 0 Å². The molecule has 1 aromatic rings. The summed E-state index contributed by atoms with van der Waals surface area (Å²) < 4.78 is 1.86. The van der Waals surface area contributed by atoms with E-state index in [1.165, 1.54) is 11.8 Å². The van der Waals surface area contributed by atoms with Crippen LogP contribution in [0.4, 0.5) is 0 Å². The molecular formula is C9H15N3O2S. The highest BCUT2D eigenvalue weighted by atomic mass is 32.2. The number of rotatable bonds is 5. The van der Waals surface area contributed by atoms with Gasteiger partial charge >= 0.3 is 5.97 Å². The summed E-state index contributed by atoms with van der Waals surface area (Å²) in [6, 6.07) is 0. The number of hydrogen-bond donors (Lipinski definition) is 1. The normalized spacial score (nSPS) is 12.7. The zero-order valence-electron chi connectivity index (χ0n) is 9.10. The third kappa shape index (κ3) is 2.95. The molecule has 0 bridgehead atoms. The molecule has 0 amide bonds. The Balaban J connectivity index is 2.75. The number of aromatic nitrogens is 3. The average Bonchev–Trinajstić information content (AvgIpc) is 2.56. The predicted molar refractivity (Wildman–Crippen MR) is 58.1 cm³/mol. The molecule has 1 rings (SSSR count). The van der Waals surface area contributed by atoms with Crippen LogP contribution in [0.25, 0.3) is 0 Å². The summed E-state index contributed by atoms with van der Waals surface area (Å²) in [4.78, 5) is 10.4. The lowest BCUT2D eigenvalue weighted by Gasteiger charge is -2.07. The number of aliphatic carboxylic acids is 1. The van der Waals surface area contributed by atoms with Gasteiger partial charge in [0.25, 0.3) is 0 Å². The van der Waals surface area contributed by atoms with Gasteiger partial charge in [0.15, 0.2) is 5.16 Å². The van der Waals surface area contributed by atoms with E-state index >= 15 is 0 Å². The highest BCUT2D eigenvalue weighted by Gasteiger charge is 2.14. The Labute approximate surface area is 92.9 Å². The zero-order valence-corrected chi connectivity index (χ0v) is 9.91. The lowest BCUT2D eigenvalue weighted by atomic mass is 10.1. The number of carboxylic acids is 1. The summed E-state index contributed by atoms with van der Waals surface area (Å²) in [7, 11) is 1.87. The van der Waals surface area contributed by atoms with Gasteiger partial charge in [-0.2, -0.15) is 0 Å². The minimum atomic E-state index is -0.840. The highest BCUT2D eigenvalue weighted by molar-refractivity contribution is 7.99. The SMILES string of the molecule is CCC(C)c1nnc(SCC(=O)O)n1C. The van der Waals surface area contributed by atoms with E-state index in [1.807, 2.05) is 11.6 Å². The van der Waals surface area contributed by atoms with Crippen LogP contribution in [0.1, 0.15) is 32.0 Å². The van der Waals surface area contributed by atoms with Crippen molar-refractivity contribution in [2.24, 2.45) is 7.05 Å². The van der Waals surface area contributed by atoms with Gasteiger partial charge in [-0.15, -0.1) is 10.2 Å². The molecule has 1 atom stereocenters. The predicted octanol–water partition coefficient (Wildman–Crippen LogP) is 1.51. The highest BCUT2D eigenvalue weighted by Crippen LogP contribution is 2.21. The Bertz CT molecular complexity index is 351. The Morgan fingerprint density at radius 2 is 2.27 bits per heavy atom. The topological polar surface area (TPSA) is 68.0 Å². The summed E-state index contributed by atoms with van der Waals surface area (Å²) in [5.41, 5.74) is 0. The molecule has 0 aliphatic carbocycles. The van der Waals surface area contributed by atoms with Crippen LogP contribution in [0.3, 0.4) is 0 Å². The smallest absolute Gasteiger partial charge is 0.313 e. The molecule has 0 fully saturated rings. The lowest BCUT2D eigenvalue weighted by molar-refractivity contribution is -0.133. The van der Waals surface area contributed by atoms with Crippen LogP contribution in [-0.2, 0) is 11.8 Å². The summed E-state index contributed by atoms with van der Waals surface area (Å²) in [6.07, 6.45) is 0.996. The first-order chi connectivity index (χ1) is 7.06. The standard InChI is InChI=1S/C9H15N3O2S/c1-4-6(2)8-10-11-9(12(8)3)15-5-7(13)14/h6H,4-5H2,1-3H3,(H,13,14). The first-order valence-electron chi connectivity index (χ1n) is 4.80. The van der Waals surface area contributed by atoms with Crippen molar-refractivity contribution in [2.45, 2.75) is 31.3 Å². The summed E-state index contributed by atoms with van der Waals surface area (Å²) in [5, 5.41) is 17.2. The molecule has 1 heterocycles. The van der Waals surface area contributed by atoms with Gasteiger partial charge in [0.05, 0.1) is 5.75 Å². The van der Waals surface area contributed by atoms with Gasteiger partial charge in [0, 0.05) is 13.0 Å². The molecule has 5 nitrogen and oxygen atoms in total. The molecule has 0 aliphatic heterocycles. The van der Waals surface area contributed by atoms with Crippen molar-refractivity contribution in [3.63, 3.8) is 0 Å². The molecule has 0 radical (unpaired) electrons. The lowest BCUT2D eigenvalue weighted by Crippen LogP contribution is -2.04. The first-order valence-corrected chi connectivity index (χ1v) is 5.78. The van der Waals surface area contributed by atoms with Gasteiger partial charge in [-0.25, -0.2) is 0 Å². The Hall–Kier alpha value is -1.04. The van der Waals surface area contributed by atoms with Crippen LogP contribution in [0.5, 0.6) is 0 Å². The third-order valence-corrected chi connectivity index (χ3v) is 3.25. The maximum Gasteiger partial charge on any atom is 0.313 e. The summed E-state index contributed by atoms with van der Waals surface area (Å²) in [5.74, 6) is 0.437. The van der Waals surface area contributed by atoms with Crippen LogP contribution in [0.2, 0.25) is 0 Å². The molecule has 0 aliphatic rings. The van der Waals surface area contributed by atoms with Crippen molar-refractivity contribution in [1.29, 1.82) is 0 Å². The number of nitrogens with zero attached hydrogens (tertiary/aromatic N) is 3. The van der Waals surface area contributed by atoms with Crippen LogP contribution in [0.15, 0.2) is 5.16 Å². The number of carboxylic acid groups (broad SMARTS) is 1. The molecule has 15 heavy (non-hydrogen) atoms. The van der Waals surface area contributed by atoms with Crippen molar-refractivity contribution in [3.8, 4) is 0 Å². The molecule has 0 aromatic carbocycles. The minimum absolute atomic E-state index is 0.0203. The zero-order chi connectivity index (χ0) is 11.4. The number of hydrogen-bond acceptors (Lipinski definition) is 4. The maximum absolute atomic E-state index is 10.4. The molecule has 1 N–H and O–H groups in total. The summed E-state index contributed by atoms with van der Waals surface area (Å²) in [6.45, 7) is 4.17. The Kier molecular flexibility index (Phi) is 4.14. The van der Waals surface area contributed by atoms with E-state index in [-0.39, 0.29) is 5.75 Å². The Morgan fingerprint density at radius 1 is 1.60 bits per heavy atom. The molecule has 6 heteroatoms. The monoisotopic (exact) mass is 229 g/mol. The third-order valence-electron chi connectivity index (χ3n) is 2.25. The quantitative estimate of drug-likeness (QED) is 0.775. The Morgan fingerprint density at radius 3 is 2.80 bits per heavy atom. The second kappa shape index (κ2) is 5.16. The van der Waals surface area contributed by atoms with Gasteiger partial charge in [0.1, 0.15) is 5.82 Å². The molecule has 1 aromatic heterocycles. The molecular weight excluding hydrogens is 214 g/mol. The van der Waals surface area contributed by atoms with Crippen LogP contribution in [-0.4, -0.2) is 31.6 Å². The van der Waals surface area contributed by atoms with Gasteiger partial charge < -0.3 is 9.67 Å². The largest absolute Gasteiger partial charge is 0.481 e.